The van der Waals surface area contributed by atoms with Gasteiger partial charge >= 0.3 is 0 Å². The average Bonchev–Trinajstić information content (AvgIpc) is 2.81. The number of hydrogen-bond donors (Lipinski definition) is 1. The minimum atomic E-state index is -0.292. The van der Waals surface area contributed by atoms with Crippen LogP contribution in [0, 0.1) is 17.8 Å². The summed E-state index contributed by atoms with van der Waals surface area (Å²) in [6, 6.07) is 16.2. The molecule has 2 aliphatic rings. The van der Waals surface area contributed by atoms with Crippen LogP contribution in [-0.4, -0.2) is 19.5 Å². The molecule has 0 radical (unpaired) electrons. The number of fused-ring (bicyclic) bond motifs is 4. The van der Waals surface area contributed by atoms with Gasteiger partial charge in [0.2, 0.25) is 0 Å². The van der Waals surface area contributed by atoms with Crippen molar-refractivity contribution in [3.63, 3.8) is 0 Å². The van der Waals surface area contributed by atoms with Crippen molar-refractivity contribution in [1.29, 1.82) is 0 Å². The van der Waals surface area contributed by atoms with E-state index in [1.54, 1.807) is 7.11 Å². The molecule has 0 bridgehead atoms. The third-order valence-electron chi connectivity index (χ3n) is 6.62. The third-order valence-corrected chi connectivity index (χ3v) is 7.21. The molecule has 0 unspecified atom stereocenters. The second-order valence-electron chi connectivity index (χ2n) is 9.65. The number of carbonyl (C=O) groups excluding carboxylic acids is 1. The zero-order valence-electron chi connectivity index (χ0n) is 19.5. The Morgan fingerprint density at radius 2 is 1.97 bits per heavy atom. The number of rotatable bonds is 4. The molecule has 0 saturated carbocycles. The first-order valence-electron chi connectivity index (χ1n) is 11.3. The molecule has 0 amide bonds. The van der Waals surface area contributed by atoms with Gasteiger partial charge in [-0.15, -0.1) is 6.42 Å². The predicted molar refractivity (Wildman–Crippen MR) is 140 cm³/mol. The maximum atomic E-state index is 13.6. The number of terminal acetylenes is 1. The fraction of sp³-hybridized carbons (Fsp3) is 0.276. The molecule has 1 aliphatic heterocycles. The fourth-order valence-electron chi connectivity index (χ4n) is 5.25. The molecule has 0 spiro atoms. The van der Waals surface area contributed by atoms with Gasteiger partial charge in [-0.1, -0.05) is 50.1 Å². The van der Waals surface area contributed by atoms with Gasteiger partial charge in [-0.05, 0) is 67.9 Å². The number of allylic oxidation sites excluding steroid dienone is 1. The lowest BCUT2D eigenvalue weighted by Crippen LogP contribution is -2.33. The van der Waals surface area contributed by atoms with Crippen LogP contribution in [0.3, 0.4) is 0 Å². The molecular formula is C29H26BrNO3. The van der Waals surface area contributed by atoms with Crippen LogP contribution < -0.4 is 14.8 Å². The first-order valence-corrected chi connectivity index (χ1v) is 12.1. The van der Waals surface area contributed by atoms with Crippen LogP contribution >= 0.6 is 15.9 Å². The summed E-state index contributed by atoms with van der Waals surface area (Å²) in [5.74, 6) is 3.79. The van der Waals surface area contributed by atoms with Crippen LogP contribution in [0.25, 0.3) is 16.3 Å². The molecule has 0 saturated heterocycles. The molecule has 1 heterocycles. The topological polar surface area (TPSA) is 47.6 Å². The van der Waals surface area contributed by atoms with E-state index in [9.17, 15) is 4.79 Å². The van der Waals surface area contributed by atoms with Crippen LogP contribution in [0.2, 0.25) is 0 Å². The molecule has 5 heteroatoms. The molecule has 1 atom stereocenters. The van der Waals surface area contributed by atoms with Gasteiger partial charge in [0.05, 0.1) is 17.6 Å². The highest BCUT2D eigenvalue weighted by molar-refractivity contribution is 9.10. The molecule has 0 fully saturated rings. The molecule has 172 valence electrons. The molecular weight excluding hydrogens is 490 g/mol. The molecule has 1 aliphatic carbocycles. The number of ether oxygens (including phenoxy) is 2. The summed E-state index contributed by atoms with van der Waals surface area (Å²) in [5.41, 5.74) is 4.99. The summed E-state index contributed by atoms with van der Waals surface area (Å²) >= 11 is 3.62. The minimum Gasteiger partial charge on any atom is -0.493 e. The standard InChI is InChI=1S/C29H26BrNO3/c1-5-12-34-28-21(30)13-18(14-24(28)33-4)27-26-20(15-29(2,3)16-23(26)32)25-19-9-7-6-8-17(19)10-11-22(25)31-27/h1,6-11,13-14,27,31H,12,15-16H2,2-4H3/t27-/m0/s1. The number of methoxy groups -OCH3 is 1. The Kier molecular flexibility index (Phi) is 5.65. The van der Waals surface area contributed by atoms with Crippen molar-refractivity contribution in [3.05, 3.63) is 69.7 Å². The first kappa shape index (κ1) is 22.6. The van der Waals surface area contributed by atoms with Crippen molar-refractivity contribution in [2.24, 2.45) is 5.41 Å². The highest BCUT2D eigenvalue weighted by Gasteiger charge is 2.41. The lowest BCUT2D eigenvalue weighted by atomic mass is 9.68. The number of hydrogen-bond acceptors (Lipinski definition) is 4. The number of benzene rings is 3. The summed E-state index contributed by atoms with van der Waals surface area (Å²) in [4.78, 5) is 13.6. The van der Waals surface area contributed by atoms with Crippen LogP contribution in [-0.2, 0) is 4.79 Å². The van der Waals surface area contributed by atoms with Gasteiger partial charge in [-0.3, -0.25) is 4.79 Å². The number of Topliss-reactive ketones (excluding diaryl/α,β-unsaturated/α-hetero) is 1. The lowest BCUT2D eigenvalue weighted by Gasteiger charge is -2.40. The smallest absolute Gasteiger partial charge is 0.176 e. The van der Waals surface area contributed by atoms with Crippen LogP contribution in [0.5, 0.6) is 11.5 Å². The van der Waals surface area contributed by atoms with E-state index >= 15 is 0 Å². The Hall–Kier alpha value is -3.23. The Balaban J connectivity index is 1.73. The highest BCUT2D eigenvalue weighted by atomic mass is 79.9. The quantitative estimate of drug-likeness (QED) is 0.382. The van der Waals surface area contributed by atoms with E-state index < -0.39 is 0 Å². The molecule has 0 aromatic heterocycles. The maximum absolute atomic E-state index is 13.6. The number of anilines is 1. The van der Waals surface area contributed by atoms with Gasteiger partial charge in [0.15, 0.2) is 17.3 Å². The number of ketones is 1. The van der Waals surface area contributed by atoms with E-state index in [0.29, 0.717) is 17.9 Å². The molecule has 3 aromatic rings. The van der Waals surface area contributed by atoms with E-state index in [-0.39, 0.29) is 23.8 Å². The maximum Gasteiger partial charge on any atom is 0.176 e. The van der Waals surface area contributed by atoms with Crippen molar-refractivity contribution in [3.8, 4) is 23.8 Å². The zero-order valence-corrected chi connectivity index (χ0v) is 21.1. The fourth-order valence-corrected chi connectivity index (χ4v) is 5.82. The van der Waals surface area contributed by atoms with Crippen molar-refractivity contribution < 1.29 is 14.3 Å². The zero-order chi connectivity index (χ0) is 24.0. The normalized spacial score (nSPS) is 18.6. The van der Waals surface area contributed by atoms with Crippen molar-refractivity contribution in [2.45, 2.75) is 32.7 Å². The number of nitrogens with one attached hydrogen (secondary N) is 1. The lowest BCUT2D eigenvalue weighted by molar-refractivity contribution is -0.118. The SMILES string of the molecule is C#CCOc1c(Br)cc([C@@H]2Nc3ccc4ccccc4c3C3=C2C(=O)CC(C)(C)C3)cc1OC. The second-order valence-corrected chi connectivity index (χ2v) is 10.5. The average molecular weight is 516 g/mol. The van der Waals surface area contributed by atoms with E-state index in [0.717, 1.165) is 38.9 Å². The second kappa shape index (κ2) is 8.52. The molecule has 34 heavy (non-hydrogen) atoms. The van der Waals surface area contributed by atoms with Crippen molar-refractivity contribution in [2.75, 3.05) is 19.0 Å². The summed E-state index contributed by atoms with van der Waals surface area (Å²) in [7, 11) is 1.60. The Morgan fingerprint density at radius 3 is 2.74 bits per heavy atom. The van der Waals surface area contributed by atoms with Gasteiger partial charge in [0.25, 0.3) is 0 Å². The van der Waals surface area contributed by atoms with E-state index in [1.807, 2.05) is 18.2 Å². The monoisotopic (exact) mass is 515 g/mol. The summed E-state index contributed by atoms with van der Waals surface area (Å²) in [6.07, 6.45) is 6.74. The Bertz CT molecular complexity index is 1400. The molecule has 4 nitrogen and oxygen atoms in total. The summed E-state index contributed by atoms with van der Waals surface area (Å²) in [6.45, 7) is 4.49. The van der Waals surface area contributed by atoms with E-state index in [2.05, 4.69) is 71.3 Å². The van der Waals surface area contributed by atoms with Crippen LogP contribution in [0.1, 0.15) is 43.9 Å². The minimum absolute atomic E-state index is 0.1000. The van der Waals surface area contributed by atoms with Gasteiger partial charge in [0, 0.05) is 23.2 Å². The van der Waals surface area contributed by atoms with Crippen LogP contribution in [0.15, 0.2) is 58.6 Å². The van der Waals surface area contributed by atoms with Gasteiger partial charge in [-0.25, -0.2) is 0 Å². The predicted octanol–water partition coefficient (Wildman–Crippen LogP) is 6.93. The number of halogens is 1. The summed E-state index contributed by atoms with van der Waals surface area (Å²) in [5, 5.41) is 6.01. The first-order chi connectivity index (χ1) is 16.3. The number of carbonyl (C=O) groups is 1. The molecule has 5 rings (SSSR count). The van der Waals surface area contributed by atoms with E-state index in [4.69, 9.17) is 15.9 Å². The highest BCUT2D eigenvalue weighted by Crippen LogP contribution is 2.53. The van der Waals surface area contributed by atoms with Gasteiger partial charge in [-0.2, -0.15) is 0 Å². The van der Waals surface area contributed by atoms with Crippen LogP contribution in [0.4, 0.5) is 5.69 Å². The van der Waals surface area contributed by atoms with Gasteiger partial charge in [0.1, 0.15) is 6.61 Å². The third kappa shape index (κ3) is 3.76. The van der Waals surface area contributed by atoms with E-state index in [1.165, 1.54) is 10.8 Å². The van der Waals surface area contributed by atoms with Gasteiger partial charge < -0.3 is 14.8 Å². The largest absolute Gasteiger partial charge is 0.493 e. The molecule has 1 N–H and O–H groups in total. The van der Waals surface area contributed by atoms with Crippen molar-refractivity contribution in [1.82, 2.24) is 0 Å². The summed E-state index contributed by atoms with van der Waals surface area (Å²) < 4.78 is 12.1. The Labute approximate surface area is 208 Å². The Morgan fingerprint density at radius 1 is 1.18 bits per heavy atom. The molecule has 3 aromatic carbocycles. The van der Waals surface area contributed by atoms with Crippen molar-refractivity contribution >= 4 is 43.7 Å².